The number of thioether (sulfide) groups is 1. The Kier molecular flexibility index (Phi) is 5.47. The van der Waals surface area contributed by atoms with Gasteiger partial charge in [-0.05, 0) is 30.6 Å². The summed E-state index contributed by atoms with van der Waals surface area (Å²) < 4.78 is 0. The molecule has 0 spiro atoms. The van der Waals surface area contributed by atoms with Gasteiger partial charge < -0.3 is 10.0 Å². The summed E-state index contributed by atoms with van der Waals surface area (Å²) in [5.41, 5.74) is 1.26. The van der Waals surface area contributed by atoms with Gasteiger partial charge in [0, 0.05) is 6.54 Å². The lowest BCUT2D eigenvalue weighted by molar-refractivity contribution is -0.147. The molecule has 1 fully saturated rings. The standard InChI is InChI=1S/C15H19NO3S/c17-14(16-9-4-7-13(16)15(18)19)11-20-10-8-12-5-2-1-3-6-12/h1-3,5-6,13H,4,7-11H2,(H,18,19)/t13-/m1/s1. The number of hydrogen-bond acceptors (Lipinski definition) is 3. The van der Waals surface area contributed by atoms with Gasteiger partial charge in [-0.1, -0.05) is 30.3 Å². The Morgan fingerprint density at radius 2 is 2.05 bits per heavy atom. The second-order valence-electron chi connectivity index (χ2n) is 4.87. The van der Waals surface area contributed by atoms with Crippen molar-refractivity contribution in [1.29, 1.82) is 0 Å². The number of aliphatic carboxylic acids is 1. The van der Waals surface area contributed by atoms with Crippen molar-refractivity contribution in [3.63, 3.8) is 0 Å². The summed E-state index contributed by atoms with van der Waals surface area (Å²) in [6.45, 7) is 0.578. The summed E-state index contributed by atoms with van der Waals surface area (Å²) in [6.07, 6.45) is 2.30. The SMILES string of the molecule is O=C(O)[C@H]1CCCN1C(=O)CSCCc1ccccc1. The molecule has 1 heterocycles. The maximum atomic E-state index is 12.0. The van der Waals surface area contributed by atoms with E-state index in [4.69, 9.17) is 5.11 Å². The highest BCUT2D eigenvalue weighted by Gasteiger charge is 2.33. The molecule has 1 amide bonds. The molecule has 108 valence electrons. The minimum absolute atomic E-state index is 0.0482. The second-order valence-corrected chi connectivity index (χ2v) is 5.98. The maximum absolute atomic E-state index is 12.0. The van der Waals surface area contributed by atoms with Crippen molar-refractivity contribution >= 4 is 23.6 Å². The van der Waals surface area contributed by atoms with Crippen LogP contribution in [0.15, 0.2) is 30.3 Å². The van der Waals surface area contributed by atoms with Crippen molar-refractivity contribution in [2.45, 2.75) is 25.3 Å². The lowest BCUT2D eigenvalue weighted by atomic mass is 10.2. The van der Waals surface area contributed by atoms with Gasteiger partial charge in [0.25, 0.3) is 0 Å². The van der Waals surface area contributed by atoms with E-state index in [-0.39, 0.29) is 5.91 Å². The summed E-state index contributed by atoms with van der Waals surface area (Å²) in [4.78, 5) is 24.6. The number of rotatable bonds is 6. The fourth-order valence-electron chi connectivity index (χ4n) is 2.40. The molecule has 0 unspecified atom stereocenters. The second kappa shape index (κ2) is 7.33. The van der Waals surface area contributed by atoms with E-state index in [1.807, 2.05) is 18.2 Å². The Morgan fingerprint density at radius 3 is 2.75 bits per heavy atom. The number of carbonyl (C=O) groups excluding carboxylic acids is 1. The average Bonchev–Trinajstić information content (AvgIpc) is 2.94. The van der Waals surface area contributed by atoms with Crippen LogP contribution in [0.5, 0.6) is 0 Å². The van der Waals surface area contributed by atoms with Crippen molar-refractivity contribution in [2.24, 2.45) is 0 Å². The van der Waals surface area contributed by atoms with E-state index < -0.39 is 12.0 Å². The van der Waals surface area contributed by atoms with Crippen molar-refractivity contribution in [1.82, 2.24) is 4.90 Å². The van der Waals surface area contributed by atoms with Crippen LogP contribution in [0.4, 0.5) is 0 Å². The summed E-state index contributed by atoms with van der Waals surface area (Å²) in [5, 5.41) is 9.05. The number of amides is 1. The van der Waals surface area contributed by atoms with Crippen molar-refractivity contribution in [3.05, 3.63) is 35.9 Å². The lowest BCUT2D eigenvalue weighted by Crippen LogP contribution is -2.41. The number of benzene rings is 1. The minimum atomic E-state index is -0.884. The third-order valence-corrected chi connectivity index (χ3v) is 4.41. The van der Waals surface area contributed by atoms with E-state index >= 15 is 0 Å². The molecule has 2 rings (SSSR count). The van der Waals surface area contributed by atoms with Crippen LogP contribution >= 0.6 is 11.8 Å². The van der Waals surface area contributed by atoms with Crippen LogP contribution in [0, 0.1) is 0 Å². The molecule has 1 atom stereocenters. The molecule has 0 bridgehead atoms. The van der Waals surface area contributed by atoms with Crippen LogP contribution in [-0.2, 0) is 16.0 Å². The molecule has 1 aliphatic rings. The number of carboxylic acids is 1. The van der Waals surface area contributed by atoms with Crippen LogP contribution in [0.25, 0.3) is 0 Å². The predicted molar refractivity (Wildman–Crippen MR) is 79.8 cm³/mol. The van der Waals surface area contributed by atoms with Gasteiger partial charge in [-0.15, -0.1) is 0 Å². The smallest absolute Gasteiger partial charge is 0.326 e. The number of carboxylic acid groups (broad SMARTS) is 1. The van der Waals surface area contributed by atoms with E-state index in [0.717, 1.165) is 18.6 Å². The summed E-state index contributed by atoms with van der Waals surface area (Å²) in [6, 6.07) is 9.53. The first-order chi connectivity index (χ1) is 9.68. The van der Waals surface area contributed by atoms with Crippen LogP contribution in [0.3, 0.4) is 0 Å². The van der Waals surface area contributed by atoms with Gasteiger partial charge in [-0.2, -0.15) is 11.8 Å². The highest BCUT2D eigenvalue weighted by molar-refractivity contribution is 7.99. The summed E-state index contributed by atoms with van der Waals surface area (Å²) in [5.74, 6) is 0.316. The number of aryl methyl sites for hydroxylation is 1. The molecule has 0 radical (unpaired) electrons. The van der Waals surface area contributed by atoms with Crippen molar-refractivity contribution in [2.75, 3.05) is 18.1 Å². The molecule has 20 heavy (non-hydrogen) atoms. The minimum Gasteiger partial charge on any atom is -0.480 e. The molecule has 1 aromatic carbocycles. The van der Waals surface area contributed by atoms with Crippen LogP contribution in [-0.4, -0.2) is 46.0 Å². The van der Waals surface area contributed by atoms with Gasteiger partial charge in [0.05, 0.1) is 5.75 Å². The van der Waals surface area contributed by atoms with E-state index in [0.29, 0.717) is 18.7 Å². The van der Waals surface area contributed by atoms with E-state index in [1.165, 1.54) is 10.5 Å². The first-order valence-corrected chi connectivity index (χ1v) is 7.98. The Labute approximate surface area is 123 Å². The third kappa shape index (κ3) is 4.00. The van der Waals surface area contributed by atoms with Gasteiger partial charge in [0.2, 0.25) is 5.91 Å². The summed E-state index contributed by atoms with van der Waals surface area (Å²) >= 11 is 1.57. The van der Waals surface area contributed by atoms with Gasteiger partial charge in [-0.25, -0.2) is 4.79 Å². The molecule has 1 aromatic rings. The average molecular weight is 293 g/mol. The molecule has 5 heteroatoms. The number of carbonyl (C=O) groups is 2. The molecule has 0 saturated carbocycles. The summed E-state index contributed by atoms with van der Waals surface area (Å²) in [7, 11) is 0. The highest BCUT2D eigenvalue weighted by Crippen LogP contribution is 2.19. The van der Waals surface area contributed by atoms with Crippen molar-refractivity contribution in [3.8, 4) is 0 Å². The molecule has 1 saturated heterocycles. The molecule has 1 N–H and O–H groups in total. The molecule has 4 nitrogen and oxygen atoms in total. The fourth-order valence-corrected chi connectivity index (χ4v) is 3.26. The first kappa shape index (κ1) is 14.9. The molecule has 0 aromatic heterocycles. The Balaban J connectivity index is 1.71. The lowest BCUT2D eigenvalue weighted by Gasteiger charge is -2.21. The largest absolute Gasteiger partial charge is 0.480 e. The highest BCUT2D eigenvalue weighted by atomic mass is 32.2. The zero-order valence-electron chi connectivity index (χ0n) is 11.3. The van der Waals surface area contributed by atoms with Crippen LogP contribution in [0.2, 0.25) is 0 Å². The number of likely N-dealkylation sites (tertiary alicyclic amines) is 1. The molecular formula is C15H19NO3S. The monoisotopic (exact) mass is 293 g/mol. The topological polar surface area (TPSA) is 57.6 Å². The Morgan fingerprint density at radius 1 is 1.30 bits per heavy atom. The molecule has 0 aliphatic carbocycles. The quantitative estimate of drug-likeness (QED) is 0.815. The van der Waals surface area contributed by atoms with Crippen LogP contribution < -0.4 is 0 Å². The third-order valence-electron chi connectivity index (χ3n) is 3.46. The van der Waals surface area contributed by atoms with Gasteiger partial charge in [0.1, 0.15) is 6.04 Å². The van der Waals surface area contributed by atoms with E-state index in [9.17, 15) is 9.59 Å². The van der Waals surface area contributed by atoms with E-state index in [2.05, 4.69) is 12.1 Å². The maximum Gasteiger partial charge on any atom is 0.326 e. The number of nitrogens with zero attached hydrogens (tertiary/aromatic N) is 1. The zero-order chi connectivity index (χ0) is 14.4. The molecular weight excluding hydrogens is 274 g/mol. The van der Waals surface area contributed by atoms with Gasteiger partial charge in [0.15, 0.2) is 0 Å². The fraction of sp³-hybridized carbons (Fsp3) is 0.467. The van der Waals surface area contributed by atoms with Crippen LogP contribution in [0.1, 0.15) is 18.4 Å². The Bertz CT molecular complexity index is 463. The zero-order valence-corrected chi connectivity index (χ0v) is 12.1. The first-order valence-electron chi connectivity index (χ1n) is 6.82. The van der Waals surface area contributed by atoms with E-state index in [1.54, 1.807) is 11.8 Å². The predicted octanol–water partition coefficient (Wildman–Crippen LogP) is 2.04. The number of hydrogen-bond donors (Lipinski definition) is 1. The molecule has 1 aliphatic heterocycles. The van der Waals surface area contributed by atoms with Crippen molar-refractivity contribution < 1.29 is 14.7 Å². The Hall–Kier alpha value is -1.49. The van der Waals surface area contributed by atoms with Gasteiger partial charge >= 0.3 is 5.97 Å². The normalized spacial score (nSPS) is 18.2. The van der Waals surface area contributed by atoms with Gasteiger partial charge in [-0.3, -0.25) is 4.79 Å².